The van der Waals surface area contributed by atoms with Crippen molar-refractivity contribution in [1.82, 2.24) is 8.61 Å². The topological polar surface area (TPSA) is 40.6 Å². The Morgan fingerprint density at radius 2 is 1.61 bits per heavy atom. The van der Waals surface area contributed by atoms with Gasteiger partial charge in [-0.3, -0.25) is 0 Å². The molecule has 2 heterocycles. The van der Waals surface area contributed by atoms with Gasteiger partial charge in [-0.25, -0.2) is 0 Å². The molecular formula is C12H23ClN2O2S. The van der Waals surface area contributed by atoms with Crippen LogP contribution in [0.25, 0.3) is 0 Å². The average molecular weight is 295 g/mol. The third kappa shape index (κ3) is 3.00. The molecule has 0 aromatic rings. The highest BCUT2D eigenvalue weighted by molar-refractivity contribution is 7.86. The van der Waals surface area contributed by atoms with Crippen LogP contribution in [0.2, 0.25) is 0 Å². The highest BCUT2D eigenvalue weighted by atomic mass is 35.5. The molecule has 2 aliphatic heterocycles. The van der Waals surface area contributed by atoms with E-state index in [1.807, 2.05) is 0 Å². The maximum Gasteiger partial charge on any atom is 0.281 e. The molecule has 18 heavy (non-hydrogen) atoms. The van der Waals surface area contributed by atoms with Crippen molar-refractivity contribution in [2.45, 2.75) is 32.6 Å². The van der Waals surface area contributed by atoms with Gasteiger partial charge in [0.1, 0.15) is 0 Å². The lowest BCUT2D eigenvalue weighted by atomic mass is 10.0. The number of piperidine rings is 1. The molecule has 0 bridgehead atoms. The molecule has 106 valence electrons. The Kier molecular flexibility index (Phi) is 4.92. The summed E-state index contributed by atoms with van der Waals surface area (Å²) in [5.74, 6) is 1.68. The summed E-state index contributed by atoms with van der Waals surface area (Å²) in [7, 11) is -3.21. The molecule has 0 spiro atoms. The van der Waals surface area contributed by atoms with E-state index in [2.05, 4.69) is 6.92 Å². The summed E-state index contributed by atoms with van der Waals surface area (Å²) >= 11 is 5.83. The SMILES string of the molecule is CCC1CCN(S(=O)(=O)N2CCC(CCl)CC2)C1. The zero-order valence-electron chi connectivity index (χ0n) is 11.0. The van der Waals surface area contributed by atoms with Gasteiger partial charge in [0.15, 0.2) is 0 Å². The largest absolute Gasteiger partial charge is 0.281 e. The lowest BCUT2D eigenvalue weighted by Gasteiger charge is -2.33. The number of alkyl halides is 1. The van der Waals surface area contributed by atoms with Crippen LogP contribution in [0.5, 0.6) is 0 Å². The summed E-state index contributed by atoms with van der Waals surface area (Å²) in [6.07, 6.45) is 3.87. The van der Waals surface area contributed by atoms with Crippen LogP contribution in [-0.2, 0) is 10.2 Å². The second kappa shape index (κ2) is 6.07. The predicted molar refractivity (Wildman–Crippen MR) is 73.9 cm³/mol. The van der Waals surface area contributed by atoms with Crippen LogP contribution in [0.3, 0.4) is 0 Å². The van der Waals surface area contributed by atoms with Gasteiger partial charge in [-0.2, -0.15) is 17.0 Å². The van der Waals surface area contributed by atoms with Gasteiger partial charge in [-0.05, 0) is 31.1 Å². The molecule has 0 aromatic carbocycles. The Hall–Kier alpha value is 0.160. The van der Waals surface area contributed by atoms with Gasteiger partial charge in [0, 0.05) is 32.1 Å². The van der Waals surface area contributed by atoms with Gasteiger partial charge in [0.05, 0.1) is 0 Å². The highest BCUT2D eigenvalue weighted by Crippen LogP contribution is 2.27. The van der Waals surface area contributed by atoms with Crippen LogP contribution < -0.4 is 0 Å². The first-order valence-corrected chi connectivity index (χ1v) is 8.82. The van der Waals surface area contributed by atoms with Crippen LogP contribution in [0.1, 0.15) is 32.6 Å². The number of halogens is 1. The molecule has 2 saturated heterocycles. The van der Waals surface area contributed by atoms with Crippen molar-refractivity contribution < 1.29 is 8.42 Å². The van der Waals surface area contributed by atoms with Gasteiger partial charge in [0.25, 0.3) is 10.2 Å². The molecule has 0 amide bonds. The number of hydrogen-bond donors (Lipinski definition) is 0. The van der Waals surface area contributed by atoms with Crippen LogP contribution in [0.4, 0.5) is 0 Å². The monoisotopic (exact) mass is 294 g/mol. The molecule has 2 aliphatic rings. The summed E-state index contributed by atoms with van der Waals surface area (Å²) < 4.78 is 28.2. The Labute approximate surface area is 115 Å². The van der Waals surface area contributed by atoms with Crippen LogP contribution in [0, 0.1) is 11.8 Å². The van der Waals surface area contributed by atoms with E-state index in [-0.39, 0.29) is 0 Å². The molecule has 2 fully saturated rings. The van der Waals surface area contributed by atoms with E-state index in [0.717, 1.165) is 25.7 Å². The number of nitrogens with zero attached hydrogens (tertiary/aromatic N) is 2. The number of hydrogen-bond acceptors (Lipinski definition) is 2. The van der Waals surface area contributed by atoms with Gasteiger partial charge in [-0.1, -0.05) is 13.3 Å². The van der Waals surface area contributed by atoms with E-state index in [1.165, 1.54) is 0 Å². The van der Waals surface area contributed by atoms with Gasteiger partial charge < -0.3 is 0 Å². The Bertz CT molecular complexity index is 366. The van der Waals surface area contributed by atoms with Crippen molar-refractivity contribution in [2.75, 3.05) is 32.1 Å². The van der Waals surface area contributed by atoms with Crippen molar-refractivity contribution in [3.63, 3.8) is 0 Å². The molecule has 1 atom stereocenters. The van der Waals surface area contributed by atoms with Crippen molar-refractivity contribution in [3.8, 4) is 0 Å². The van der Waals surface area contributed by atoms with Gasteiger partial charge in [0.2, 0.25) is 0 Å². The van der Waals surface area contributed by atoms with E-state index in [1.54, 1.807) is 8.61 Å². The van der Waals surface area contributed by atoms with E-state index >= 15 is 0 Å². The summed E-state index contributed by atoms with van der Waals surface area (Å²) in [4.78, 5) is 0. The Balaban J connectivity index is 1.95. The highest BCUT2D eigenvalue weighted by Gasteiger charge is 2.36. The second-order valence-corrected chi connectivity index (χ2v) is 7.66. The summed E-state index contributed by atoms with van der Waals surface area (Å²) in [6, 6.07) is 0. The van der Waals surface area contributed by atoms with Crippen molar-refractivity contribution in [3.05, 3.63) is 0 Å². The maximum absolute atomic E-state index is 12.5. The minimum Gasteiger partial charge on any atom is -0.195 e. The third-order valence-corrected chi connectivity index (χ3v) is 6.71. The van der Waals surface area contributed by atoms with E-state index < -0.39 is 10.2 Å². The minimum absolute atomic E-state index is 0.486. The first kappa shape index (κ1) is 14.6. The summed E-state index contributed by atoms with van der Waals surface area (Å²) in [5, 5.41) is 0. The molecule has 2 rings (SSSR count). The Morgan fingerprint density at radius 3 is 2.11 bits per heavy atom. The smallest absolute Gasteiger partial charge is 0.195 e. The minimum atomic E-state index is -3.21. The molecule has 0 radical (unpaired) electrons. The fourth-order valence-electron chi connectivity index (χ4n) is 2.80. The summed E-state index contributed by atoms with van der Waals surface area (Å²) in [5.41, 5.74) is 0. The molecular weight excluding hydrogens is 272 g/mol. The predicted octanol–water partition coefficient (Wildman–Crippen LogP) is 1.91. The van der Waals surface area contributed by atoms with Crippen molar-refractivity contribution >= 4 is 21.8 Å². The van der Waals surface area contributed by atoms with Crippen LogP contribution in [-0.4, -0.2) is 49.1 Å². The normalized spacial score (nSPS) is 28.9. The Morgan fingerprint density at radius 1 is 1.06 bits per heavy atom. The van der Waals surface area contributed by atoms with Gasteiger partial charge in [-0.15, -0.1) is 11.6 Å². The molecule has 0 aromatic heterocycles. The van der Waals surface area contributed by atoms with E-state index in [9.17, 15) is 8.42 Å². The lowest BCUT2D eigenvalue weighted by molar-refractivity contribution is 0.271. The maximum atomic E-state index is 12.5. The number of rotatable bonds is 4. The molecule has 6 heteroatoms. The van der Waals surface area contributed by atoms with Crippen LogP contribution >= 0.6 is 11.6 Å². The quantitative estimate of drug-likeness (QED) is 0.743. The average Bonchev–Trinajstić information content (AvgIpc) is 2.88. The van der Waals surface area contributed by atoms with E-state index in [4.69, 9.17) is 11.6 Å². The zero-order chi connectivity index (χ0) is 13.2. The molecule has 0 saturated carbocycles. The fraction of sp³-hybridized carbons (Fsp3) is 1.00. The fourth-order valence-corrected chi connectivity index (χ4v) is 4.84. The second-order valence-electron chi connectivity index (χ2n) is 5.43. The standard InChI is InChI=1S/C12H23ClN2O2S/c1-2-11-3-8-15(10-11)18(16,17)14-6-4-12(9-13)5-7-14/h11-12H,2-10H2,1H3. The third-order valence-electron chi connectivity index (χ3n) is 4.27. The van der Waals surface area contributed by atoms with Gasteiger partial charge >= 0.3 is 0 Å². The first-order chi connectivity index (χ1) is 8.57. The first-order valence-electron chi connectivity index (χ1n) is 6.89. The van der Waals surface area contributed by atoms with Crippen LogP contribution in [0.15, 0.2) is 0 Å². The molecule has 4 nitrogen and oxygen atoms in total. The molecule has 0 N–H and O–H groups in total. The van der Waals surface area contributed by atoms with Crippen molar-refractivity contribution in [1.29, 1.82) is 0 Å². The lowest BCUT2D eigenvalue weighted by Crippen LogP contribution is -2.46. The molecule has 1 unspecified atom stereocenters. The van der Waals surface area contributed by atoms with E-state index in [0.29, 0.717) is 43.9 Å². The summed E-state index contributed by atoms with van der Waals surface area (Å²) in [6.45, 7) is 4.79. The molecule has 0 aliphatic carbocycles. The zero-order valence-corrected chi connectivity index (χ0v) is 12.6. The van der Waals surface area contributed by atoms with Crippen molar-refractivity contribution in [2.24, 2.45) is 11.8 Å².